The maximum atomic E-state index is 10.1. The van der Waals surface area contributed by atoms with E-state index in [0.717, 1.165) is 24.6 Å². The van der Waals surface area contributed by atoms with Gasteiger partial charge in [-0.15, -0.1) is 24.0 Å². The number of aliphatic hydroxyl groups excluding tert-OH is 1. The van der Waals surface area contributed by atoms with Crippen LogP contribution in [0, 0.1) is 0 Å². The van der Waals surface area contributed by atoms with Gasteiger partial charge in [-0.05, 0) is 43.2 Å². The summed E-state index contributed by atoms with van der Waals surface area (Å²) in [6.45, 7) is 4.13. The highest BCUT2D eigenvalue weighted by molar-refractivity contribution is 14.0. The lowest BCUT2D eigenvalue weighted by atomic mass is 10.1. The molecule has 7 heteroatoms. The molecule has 0 bridgehead atoms. The summed E-state index contributed by atoms with van der Waals surface area (Å²) < 4.78 is 0. The van der Waals surface area contributed by atoms with Gasteiger partial charge in [0.2, 0.25) is 0 Å². The van der Waals surface area contributed by atoms with Crippen LogP contribution in [0.15, 0.2) is 29.5 Å². The van der Waals surface area contributed by atoms with Crippen molar-refractivity contribution in [3.05, 3.63) is 30.1 Å². The van der Waals surface area contributed by atoms with Gasteiger partial charge in [0.25, 0.3) is 0 Å². The van der Waals surface area contributed by atoms with Gasteiger partial charge >= 0.3 is 0 Å². The highest BCUT2D eigenvalue weighted by atomic mass is 127. The molecule has 1 aliphatic heterocycles. The quantitative estimate of drug-likeness (QED) is 0.363. The fourth-order valence-corrected chi connectivity index (χ4v) is 3.43. The van der Waals surface area contributed by atoms with E-state index >= 15 is 0 Å². The fraction of sp³-hybridized carbons (Fsp3) is 0.600. The van der Waals surface area contributed by atoms with Crippen LogP contribution in [0.2, 0.25) is 0 Å². The molecule has 2 rings (SSSR count). The van der Waals surface area contributed by atoms with Crippen LogP contribution in [0.3, 0.4) is 0 Å². The second-order valence-corrected chi connectivity index (χ2v) is 6.44. The van der Waals surface area contributed by atoms with Crippen molar-refractivity contribution in [2.75, 3.05) is 25.4 Å². The standard InChI is InChI=1S/C15H24N4OS.HI/c1-2-17-15(18-10-13-4-3-9-21-13)19-11-14(20)12-5-7-16-8-6-12;/h5-8,13-14,20H,2-4,9-11H2,1H3,(H2,17,18,19);1H. The molecule has 5 nitrogen and oxygen atoms in total. The molecule has 1 aromatic rings. The maximum Gasteiger partial charge on any atom is 0.191 e. The van der Waals surface area contributed by atoms with E-state index in [9.17, 15) is 5.11 Å². The molecule has 0 radical (unpaired) electrons. The third-order valence-corrected chi connectivity index (χ3v) is 4.78. The van der Waals surface area contributed by atoms with E-state index in [4.69, 9.17) is 0 Å². The maximum absolute atomic E-state index is 10.1. The molecule has 2 heterocycles. The van der Waals surface area contributed by atoms with Gasteiger partial charge in [-0.3, -0.25) is 9.98 Å². The Balaban J connectivity index is 0.00000242. The lowest BCUT2D eigenvalue weighted by Gasteiger charge is -2.15. The number of rotatable bonds is 6. The van der Waals surface area contributed by atoms with Crippen LogP contribution >= 0.6 is 35.7 Å². The van der Waals surface area contributed by atoms with E-state index in [2.05, 4.69) is 20.6 Å². The number of halogens is 1. The van der Waals surface area contributed by atoms with Crippen molar-refractivity contribution < 1.29 is 5.11 Å². The molecule has 0 amide bonds. The second-order valence-electron chi connectivity index (χ2n) is 5.03. The number of aliphatic hydroxyl groups is 1. The minimum absolute atomic E-state index is 0. The number of aliphatic imine (C=N–C) groups is 1. The van der Waals surface area contributed by atoms with Crippen LogP contribution in [0.5, 0.6) is 0 Å². The van der Waals surface area contributed by atoms with Crippen molar-refractivity contribution in [3.8, 4) is 0 Å². The van der Waals surface area contributed by atoms with Gasteiger partial charge in [0, 0.05) is 30.7 Å². The molecular formula is C15H25IN4OS. The van der Waals surface area contributed by atoms with Crippen molar-refractivity contribution >= 4 is 41.7 Å². The summed E-state index contributed by atoms with van der Waals surface area (Å²) >= 11 is 2.02. The van der Waals surface area contributed by atoms with Crippen molar-refractivity contribution in [1.82, 2.24) is 15.6 Å². The lowest BCUT2D eigenvalue weighted by Crippen LogP contribution is -2.40. The SMILES string of the molecule is CCNC(=NCC(O)c1ccncc1)NCC1CCCS1.I. The number of thioether (sulfide) groups is 1. The first-order valence-electron chi connectivity index (χ1n) is 7.51. The molecule has 124 valence electrons. The molecule has 22 heavy (non-hydrogen) atoms. The molecule has 1 aromatic heterocycles. The molecule has 1 saturated heterocycles. The summed E-state index contributed by atoms with van der Waals surface area (Å²) in [6, 6.07) is 3.63. The van der Waals surface area contributed by atoms with E-state index in [0.29, 0.717) is 11.8 Å². The highest BCUT2D eigenvalue weighted by Crippen LogP contribution is 2.25. The Labute approximate surface area is 153 Å². The van der Waals surface area contributed by atoms with Gasteiger partial charge in [-0.25, -0.2) is 0 Å². The number of hydrogen-bond acceptors (Lipinski definition) is 4. The van der Waals surface area contributed by atoms with E-state index < -0.39 is 6.10 Å². The summed E-state index contributed by atoms with van der Waals surface area (Å²) in [5.74, 6) is 2.04. The molecule has 1 fully saturated rings. The van der Waals surface area contributed by atoms with E-state index in [1.54, 1.807) is 12.4 Å². The highest BCUT2D eigenvalue weighted by Gasteiger charge is 2.15. The molecule has 0 spiro atoms. The molecule has 3 N–H and O–H groups in total. The summed E-state index contributed by atoms with van der Waals surface area (Å²) in [6.07, 6.45) is 5.36. The molecular weight excluding hydrogens is 411 g/mol. The molecule has 2 atom stereocenters. The predicted molar refractivity (Wildman–Crippen MR) is 104 cm³/mol. The van der Waals surface area contributed by atoms with Gasteiger partial charge in [-0.1, -0.05) is 0 Å². The van der Waals surface area contributed by atoms with Crippen molar-refractivity contribution in [3.63, 3.8) is 0 Å². The summed E-state index contributed by atoms with van der Waals surface area (Å²) in [4.78, 5) is 8.42. The number of hydrogen-bond donors (Lipinski definition) is 3. The summed E-state index contributed by atoms with van der Waals surface area (Å²) in [7, 11) is 0. The van der Waals surface area contributed by atoms with Crippen LogP contribution in [-0.2, 0) is 0 Å². The van der Waals surface area contributed by atoms with Gasteiger partial charge in [0.15, 0.2) is 5.96 Å². The van der Waals surface area contributed by atoms with Crippen LogP contribution in [0.25, 0.3) is 0 Å². The summed E-state index contributed by atoms with van der Waals surface area (Å²) in [5, 5.41) is 17.4. The minimum Gasteiger partial charge on any atom is -0.386 e. The third kappa shape index (κ3) is 6.70. The number of aromatic nitrogens is 1. The zero-order valence-corrected chi connectivity index (χ0v) is 16.0. The lowest BCUT2D eigenvalue weighted by molar-refractivity contribution is 0.187. The average Bonchev–Trinajstić information content (AvgIpc) is 3.04. The largest absolute Gasteiger partial charge is 0.386 e. The Morgan fingerprint density at radius 1 is 1.45 bits per heavy atom. The van der Waals surface area contributed by atoms with E-state index in [1.807, 2.05) is 30.8 Å². The van der Waals surface area contributed by atoms with Gasteiger partial charge in [-0.2, -0.15) is 11.8 Å². The zero-order chi connectivity index (χ0) is 14.9. The van der Waals surface area contributed by atoms with Gasteiger partial charge in [0.05, 0.1) is 12.6 Å². The number of nitrogens with zero attached hydrogens (tertiary/aromatic N) is 2. The molecule has 2 unspecified atom stereocenters. The summed E-state index contributed by atoms with van der Waals surface area (Å²) in [5.41, 5.74) is 0.843. The van der Waals surface area contributed by atoms with Gasteiger partial charge < -0.3 is 15.7 Å². The molecule has 1 aliphatic rings. The Hall–Kier alpha value is -0.540. The number of pyridine rings is 1. The van der Waals surface area contributed by atoms with E-state index in [1.165, 1.54) is 18.6 Å². The monoisotopic (exact) mass is 436 g/mol. The number of nitrogens with one attached hydrogen (secondary N) is 2. The molecule has 0 aliphatic carbocycles. The Kier molecular flexibility index (Phi) is 9.81. The van der Waals surface area contributed by atoms with Crippen LogP contribution in [0.4, 0.5) is 0 Å². The van der Waals surface area contributed by atoms with Crippen LogP contribution in [0.1, 0.15) is 31.4 Å². The van der Waals surface area contributed by atoms with Crippen molar-refractivity contribution in [2.45, 2.75) is 31.1 Å². The Morgan fingerprint density at radius 2 is 2.23 bits per heavy atom. The molecule has 0 aromatic carbocycles. The first kappa shape index (κ1) is 19.5. The smallest absolute Gasteiger partial charge is 0.191 e. The van der Waals surface area contributed by atoms with Crippen molar-refractivity contribution in [1.29, 1.82) is 0 Å². The Bertz CT molecular complexity index is 440. The normalized spacial score (nSPS) is 19.4. The first-order chi connectivity index (χ1) is 10.3. The second kappa shape index (κ2) is 11.1. The van der Waals surface area contributed by atoms with Gasteiger partial charge in [0.1, 0.15) is 0 Å². The zero-order valence-electron chi connectivity index (χ0n) is 12.9. The van der Waals surface area contributed by atoms with E-state index in [-0.39, 0.29) is 24.0 Å². The number of guanidine groups is 1. The topological polar surface area (TPSA) is 69.5 Å². The van der Waals surface area contributed by atoms with Crippen molar-refractivity contribution in [2.24, 2.45) is 4.99 Å². The first-order valence-corrected chi connectivity index (χ1v) is 8.56. The molecule has 0 saturated carbocycles. The van der Waals surface area contributed by atoms with Crippen LogP contribution < -0.4 is 10.6 Å². The Morgan fingerprint density at radius 3 is 2.86 bits per heavy atom. The predicted octanol–water partition coefficient (Wildman–Crippen LogP) is 2.18. The average molecular weight is 436 g/mol. The fourth-order valence-electron chi connectivity index (χ4n) is 2.23. The minimum atomic E-state index is -0.593. The third-order valence-electron chi connectivity index (χ3n) is 3.38. The van der Waals surface area contributed by atoms with Crippen LogP contribution in [-0.4, -0.2) is 46.7 Å².